The van der Waals surface area contributed by atoms with Gasteiger partial charge in [0.1, 0.15) is 17.4 Å². The number of halogens is 3. The van der Waals surface area contributed by atoms with Crippen LogP contribution in [0.25, 0.3) is 10.9 Å². The number of carbonyl (C=O) groups is 2. The second kappa shape index (κ2) is 12.9. The van der Waals surface area contributed by atoms with Gasteiger partial charge in [0.2, 0.25) is 0 Å². The Kier molecular flexibility index (Phi) is 9.57. The smallest absolute Gasteiger partial charge is 0.303 e. The summed E-state index contributed by atoms with van der Waals surface area (Å²) >= 11 is 7.63. The number of hydrogen-bond acceptors (Lipinski definition) is 6. The van der Waals surface area contributed by atoms with Crippen LogP contribution < -0.4 is 4.74 Å². The summed E-state index contributed by atoms with van der Waals surface area (Å²) in [5.41, 5.74) is 1.05. The number of fused-ring (bicyclic) bond motifs is 1. The van der Waals surface area contributed by atoms with Crippen molar-refractivity contribution in [2.75, 3.05) is 32.5 Å². The zero-order chi connectivity index (χ0) is 27.2. The molecule has 3 aromatic rings. The minimum absolute atomic E-state index is 0.0111. The third-order valence-electron chi connectivity index (χ3n) is 7.02. The van der Waals surface area contributed by atoms with Gasteiger partial charge in [0, 0.05) is 53.7 Å². The van der Waals surface area contributed by atoms with Crippen LogP contribution in [-0.2, 0) is 4.79 Å². The van der Waals surface area contributed by atoms with E-state index >= 15 is 0 Å². The number of Topliss-reactive ketones (excluding diaryl/α,β-unsaturated/α-hetero) is 1. The van der Waals surface area contributed by atoms with E-state index in [-0.39, 0.29) is 40.4 Å². The van der Waals surface area contributed by atoms with Gasteiger partial charge in [0.15, 0.2) is 5.78 Å². The molecule has 0 bridgehead atoms. The van der Waals surface area contributed by atoms with Crippen molar-refractivity contribution in [3.8, 4) is 5.75 Å². The van der Waals surface area contributed by atoms with Crippen LogP contribution >= 0.6 is 23.4 Å². The first-order valence-corrected chi connectivity index (χ1v) is 13.8. The molecule has 1 N–H and O–H groups in total. The summed E-state index contributed by atoms with van der Waals surface area (Å²) in [7, 11) is 1.55. The molecule has 4 rings (SSSR count). The highest BCUT2D eigenvalue weighted by Crippen LogP contribution is 2.34. The Morgan fingerprint density at radius 2 is 2.03 bits per heavy atom. The Bertz CT molecular complexity index is 1330. The molecule has 6 nitrogen and oxygen atoms in total. The number of ketones is 1. The molecule has 1 saturated heterocycles. The van der Waals surface area contributed by atoms with Crippen LogP contribution in [-0.4, -0.2) is 59.2 Å². The molecule has 0 radical (unpaired) electrons. The molecule has 2 atom stereocenters. The second-order valence-electron chi connectivity index (χ2n) is 9.46. The van der Waals surface area contributed by atoms with Crippen molar-refractivity contribution in [1.29, 1.82) is 0 Å². The van der Waals surface area contributed by atoms with Crippen molar-refractivity contribution in [2.24, 2.45) is 11.8 Å². The number of benzene rings is 2. The van der Waals surface area contributed by atoms with Crippen LogP contribution in [0.5, 0.6) is 5.75 Å². The zero-order valence-electron chi connectivity index (χ0n) is 21.0. The SMILES string of the molecule is COc1ccc2ncc(Cl)c(C(=O)CCC3CCN(CCSc4cc(F)ccc4F)CC3CC(=O)O)c2c1. The van der Waals surface area contributed by atoms with E-state index in [0.29, 0.717) is 47.5 Å². The number of aromatic nitrogens is 1. The lowest BCUT2D eigenvalue weighted by Gasteiger charge is -2.38. The van der Waals surface area contributed by atoms with E-state index in [1.807, 2.05) is 0 Å². The molecule has 2 heterocycles. The van der Waals surface area contributed by atoms with Crippen LogP contribution in [0.4, 0.5) is 8.78 Å². The van der Waals surface area contributed by atoms with Gasteiger partial charge in [-0.15, -0.1) is 11.8 Å². The molecule has 2 unspecified atom stereocenters. The summed E-state index contributed by atoms with van der Waals surface area (Å²) in [6, 6.07) is 8.70. The first kappa shape index (κ1) is 28.3. The van der Waals surface area contributed by atoms with Gasteiger partial charge in [0.05, 0.1) is 17.6 Å². The van der Waals surface area contributed by atoms with Gasteiger partial charge in [-0.25, -0.2) is 8.78 Å². The van der Waals surface area contributed by atoms with Crippen molar-refractivity contribution in [1.82, 2.24) is 9.88 Å². The minimum Gasteiger partial charge on any atom is -0.497 e. The highest BCUT2D eigenvalue weighted by molar-refractivity contribution is 7.99. The number of carbonyl (C=O) groups excluding carboxylic acids is 1. The first-order chi connectivity index (χ1) is 18.2. The summed E-state index contributed by atoms with van der Waals surface area (Å²) < 4.78 is 32.6. The summed E-state index contributed by atoms with van der Waals surface area (Å²) in [4.78, 5) is 31.6. The number of methoxy groups -OCH3 is 1. The number of rotatable bonds is 11. The number of piperidine rings is 1. The maximum absolute atomic E-state index is 13.9. The van der Waals surface area contributed by atoms with Gasteiger partial charge in [-0.3, -0.25) is 14.6 Å². The maximum Gasteiger partial charge on any atom is 0.303 e. The van der Waals surface area contributed by atoms with Gasteiger partial charge in [-0.05, 0) is 67.6 Å². The van der Waals surface area contributed by atoms with Crippen LogP contribution in [0.3, 0.4) is 0 Å². The third kappa shape index (κ3) is 7.01. The Balaban J connectivity index is 1.38. The molecule has 0 saturated carbocycles. The minimum atomic E-state index is -0.875. The number of carboxylic acid groups (broad SMARTS) is 1. The third-order valence-corrected chi connectivity index (χ3v) is 8.32. The molecule has 1 aromatic heterocycles. The van der Waals surface area contributed by atoms with Crippen LogP contribution in [0.15, 0.2) is 47.5 Å². The maximum atomic E-state index is 13.9. The lowest BCUT2D eigenvalue weighted by molar-refractivity contribution is -0.139. The molecule has 0 amide bonds. The fraction of sp³-hybridized carbons (Fsp3) is 0.393. The van der Waals surface area contributed by atoms with Crippen molar-refractivity contribution in [3.05, 3.63) is 64.8 Å². The molecule has 1 fully saturated rings. The molecule has 2 aromatic carbocycles. The number of carboxylic acids is 1. The van der Waals surface area contributed by atoms with Gasteiger partial charge in [-0.1, -0.05) is 11.6 Å². The Labute approximate surface area is 229 Å². The number of nitrogens with zero attached hydrogens (tertiary/aromatic N) is 2. The van der Waals surface area contributed by atoms with E-state index in [4.69, 9.17) is 16.3 Å². The number of ether oxygens (including phenoxy) is 1. The average Bonchev–Trinajstić information content (AvgIpc) is 2.89. The van der Waals surface area contributed by atoms with Gasteiger partial charge >= 0.3 is 5.97 Å². The molecule has 0 aliphatic carbocycles. The van der Waals surface area contributed by atoms with Crippen LogP contribution in [0.2, 0.25) is 5.02 Å². The van der Waals surface area contributed by atoms with E-state index in [2.05, 4.69) is 9.88 Å². The van der Waals surface area contributed by atoms with E-state index in [9.17, 15) is 23.5 Å². The van der Waals surface area contributed by atoms with Crippen molar-refractivity contribution in [3.63, 3.8) is 0 Å². The standard InChI is InChI=1S/C28H29ClF2N2O4S/c1-37-20-4-6-24-21(14-20)28(22(29)15-32-24)25(34)7-2-17-8-9-33(16-18(17)12-27(35)36)10-11-38-26-13-19(30)3-5-23(26)31/h3-6,13-15,17-18H,2,7-12,16H2,1H3,(H,35,36). The summed E-state index contributed by atoms with van der Waals surface area (Å²) in [5, 5.41) is 10.4. The molecule has 202 valence electrons. The molecule has 1 aliphatic heterocycles. The molecule has 1 aliphatic rings. The molecule has 10 heteroatoms. The van der Waals surface area contributed by atoms with Gasteiger partial charge in [0.25, 0.3) is 0 Å². The van der Waals surface area contributed by atoms with E-state index in [1.54, 1.807) is 25.3 Å². The summed E-state index contributed by atoms with van der Waals surface area (Å²) in [6.45, 7) is 1.95. The topological polar surface area (TPSA) is 79.7 Å². The van der Waals surface area contributed by atoms with Gasteiger partial charge in [-0.2, -0.15) is 0 Å². The van der Waals surface area contributed by atoms with Crippen molar-refractivity contribution >= 4 is 46.0 Å². The summed E-state index contributed by atoms with van der Waals surface area (Å²) in [6.07, 6.45) is 3.03. The Hall–Kier alpha value is -2.75. The molecule has 38 heavy (non-hydrogen) atoms. The lowest BCUT2D eigenvalue weighted by atomic mass is 9.79. The first-order valence-electron chi connectivity index (χ1n) is 12.4. The molecule has 0 spiro atoms. The lowest BCUT2D eigenvalue weighted by Crippen LogP contribution is -2.42. The highest BCUT2D eigenvalue weighted by Gasteiger charge is 2.31. The van der Waals surface area contributed by atoms with Gasteiger partial charge < -0.3 is 14.7 Å². The number of likely N-dealkylation sites (tertiary alicyclic amines) is 1. The van der Waals surface area contributed by atoms with E-state index in [0.717, 1.165) is 25.1 Å². The van der Waals surface area contributed by atoms with E-state index in [1.165, 1.54) is 24.0 Å². The normalized spacial score (nSPS) is 18.0. The fourth-order valence-corrected chi connectivity index (χ4v) is 6.29. The predicted molar refractivity (Wildman–Crippen MR) is 144 cm³/mol. The largest absolute Gasteiger partial charge is 0.497 e. The second-order valence-corrected chi connectivity index (χ2v) is 11.0. The summed E-state index contributed by atoms with van der Waals surface area (Å²) in [5.74, 6) is -0.811. The number of aliphatic carboxylic acids is 1. The average molecular weight is 563 g/mol. The number of pyridine rings is 1. The highest BCUT2D eigenvalue weighted by atomic mass is 35.5. The number of hydrogen-bond donors (Lipinski definition) is 1. The van der Waals surface area contributed by atoms with Crippen molar-refractivity contribution < 1.29 is 28.2 Å². The number of thioether (sulfide) groups is 1. The predicted octanol–water partition coefficient (Wildman–Crippen LogP) is 6.34. The molecular weight excluding hydrogens is 534 g/mol. The fourth-order valence-electron chi connectivity index (χ4n) is 5.07. The molecular formula is C28H29ClF2N2O4S. The van der Waals surface area contributed by atoms with E-state index < -0.39 is 17.6 Å². The quantitative estimate of drug-likeness (QED) is 0.216. The van der Waals surface area contributed by atoms with Crippen molar-refractivity contribution in [2.45, 2.75) is 30.6 Å². The zero-order valence-corrected chi connectivity index (χ0v) is 22.5. The van der Waals surface area contributed by atoms with Crippen LogP contribution in [0, 0.1) is 23.5 Å². The van der Waals surface area contributed by atoms with Crippen LogP contribution in [0.1, 0.15) is 36.0 Å². The monoisotopic (exact) mass is 562 g/mol. The Morgan fingerprint density at radius 3 is 2.79 bits per heavy atom. The Morgan fingerprint density at radius 1 is 1.21 bits per heavy atom.